The van der Waals surface area contributed by atoms with E-state index in [1.165, 1.54) is 0 Å². The normalized spacial score (nSPS) is 10.1. The molecule has 0 saturated carbocycles. The highest BCUT2D eigenvalue weighted by molar-refractivity contribution is 5.95. The van der Waals surface area contributed by atoms with Crippen LogP contribution in [0.2, 0.25) is 0 Å². The number of nitrogens with zero attached hydrogens (tertiary/aromatic N) is 1. The molecule has 0 radical (unpaired) electrons. The standard InChI is InChI=1S/C18H18FN3O5/c1-2-12-5-3-4-6-15(12)21-17(23)10-20-18(24)11-27-16-8-7-13(22(25)26)9-14(16)19/h3-9H,2,10-11H2,1H3,(H,20,24)(H,21,23). The fraction of sp³-hybridized carbons (Fsp3) is 0.222. The number of ether oxygens (including phenoxy) is 1. The van der Waals surface area contributed by atoms with Gasteiger partial charge in [-0.05, 0) is 24.1 Å². The zero-order valence-electron chi connectivity index (χ0n) is 14.5. The Kier molecular flexibility index (Phi) is 6.81. The first-order valence-electron chi connectivity index (χ1n) is 8.12. The lowest BCUT2D eigenvalue weighted by atomic mass is 10.1. The summed E-state index contributed by atoms with van der Waals surface area (Å²) < 4.78 is 18.6. The summed E-state index contributed by atoms with van der Waals surface area (Å²) in [5, 5.41) is 15.6. The first kappa shape index (κ1) is 19.8. The maximum absolute atomic E-state index is 13.7. The molecule has 2 amide bonds. The second-order valence-corrected chi connectivity index (χ2v) is 5.50. The smallest absolute Gasteiger partial charge is 0.272 e. The molecule has 2 aromatic carbocycles. The number of non-ortho nitro benzene ring substituents is 1. The van der Waals surface area contributed by atoms with Crippen molar-refractivity contribution in [3.63, 3.8) is 0 Å². The van der Waals surface area contributed by atoms with Crippen molar-refractivity contribution in [2.75, 3.05) is 18.5 Å². The number of benzene rings is 2. The summed E-state index contributed by atoms with van der Waals surface area (Å²) in [6.45, 7) is 1.15. The molecular weight excluding hydrogens is 357 g/mol. The monoisotopic (exact) mass is 375 g/mol. The van der Waals surface area contributed by atoms with Crippen molar-refractivity contribution >= 4 is 23.2 Å². The topological polar surface area (TPSA) is 111 Å². The minimum absolute atomic E-state index is 0.275. The van der Waals surface area contributed by atoms with E-state index in [2.05, 4.69) is 10.6 Å². The molecule has 0 heterocycles. The fourth-order valence-corrected chi connectivity index (χ4v) is 2.24. The average molecular weight is 375 g/mol. The quantitative estimate of drug-likeness (QED) is 0.544. The van der Waals surface area contributed by atoms with Crippen molar-refractivity contribution in [2.24, 2.45) is 0 Å². The van der Waals surface area contributed by atoms with E-state index >= 15 is 0 Å². The number of carbonyl (C=O) groups excluding carboxylic acids is 2. The molecule has 0 aliphatic carbocycles. The second kappa shape index (κ2) is 9.27. The van der Waals surface area contributed by atoms with Crippen molar-refractivity contribution in [1.29, 1.82) is 0 Å². The number of hydrogen-bond acceptors (Lipinski definition) is 5. The van der Waals surface area contributed by atoms with Gasteiger partial charge in [0.05, 0.1) is 17.5 Å². The van der Waals surface area contributed by atoms with Gasteiger partial charge in [0, 0.05) is 11.8 Å². The van der Waals surface area contributed by atoms with Crippen LogP contribution in [0.4, 0.5) is 15.8 Å². The molecule has 0 fully saturated rings. The lowest BCUT2D eigenvalue weighted by Gasteiger charge is -2.11. The van der Waals surface area contributed by atoms with Crippen LogP contribution in [0.5, 0.6) is 5.75 Å². The van der Waals surface area contributed by atoms with E-state index in [1.807, 2.05) is 19.1 Å². The first-order valence-corrected chi connectivity index (χ1v) is 8.12. The zero-order valence-corrected chi connectivity index (χ0v) is 14.5. The van der Waals surface area contributed by atoms with Crippen LogP contribution in [0.3, 0.4) is 0 Å². The van der Waals surface area contributed by atoms with Crippen molar-refractivity contribution in [1.82, 2.24) is 5.32 Å². The van der Waals surface area contributed by atoms with E-state index in [0.29, 0.717) is 11.8 Å². The van der Waals surface area contributed by atoms with Crippen LogP contribution in [0.25, 0.3) is 0 Å². The molecule has 142 valence electrons. The fourth-order valence-electron chi connectivity index (χ4n) is 2.24. The molecule has 2 aromatic rings. The van der Waals surface area contributed by atoms with Crippen LogP contribution < -0.4 is 15.4 Å². The summed E-state index contributed by atoms with van der Waals surface area (Å²) in [6.07, 6.45) is 0.747. The van der Waals surface area contributed by atoms with Gasteiger partial charge in [0.15, 0.2) is 18.2 Å². The molecular formula is C18H18FN3O5. The minimum Gasteiger partial charge on any atom is -0.481 e. The number of rotatable bonds is 8. The minimum atomic E-state index is -0.953. The van der Waals surface area contributed by atoms with Gasteiger partial charge in [-0.2, -0.15) is 0 Å². The molecule has 0 bridgehead atoms. The number of nitro groups is 1. The Balaban J connectivity index is 1.81. The summed E-state index contributed by atoms with van der Waals surface area (Å²) in [4.78, 5) is 33.5. The molecule has 0 aliphatic heterocycles. The summed E-state index contributed by atoms with van der Waals surface area (Å²) in [7, 11) is 0. The number of aryl methyl sites for hydroxylation is 1. The predicted octanol–water partition coefficient (Wildman–Crippen LogP) is 2.43. The third-order valence-corrected chi connectivity index (χ3v) is 3.60. The van der Waals surface area contributed by atoms with Gasteiger partial charge < -0.3 is 15.4 Å². The number of anilines is 1. The highest BCUT2D eigenvalue weighted by Crippen LogP contribution is 2.22. The number of nitrogens with one attached hydrogen (secondary N) is 2. The van der Waals surface area contributed by atoms with Crippen molar-refractivity contribution in [2.45, 2.75) is 13.3 Å². The molecule has 8 nitrogen and oxygen atoms in total. The van der Waals surface area contributed by atoms with E-state index < -0.39 is 34.8 Å². The van der Waals surface area contributed by atoms with Crippen LogP contribution in [0, 0.1) is 15.9 Å². The second-order valence-electron chi connectivity index (χ2n) is 5.50. The number of hydrogen-bond donors (Lipinski definition) is 2. The van der Waals surface area contributed by atoms with Gasteiger partial charge in [-0.3, -0.25) is 19.7 Å². The third-order valence-electron chi connectivity index (χ3n) is 3.60. The van der Waals surface area contributed by atoms with Gasteiger partial charge in [-0.15, -0.1) is 0 Å². The maximum Gasteiger partial charge on any atom is 0.272 e. The molecule has 27 heavy (non-hydrogen) atoms. The van der Waals surface area contributed by atoms with Gasteiger partial charge in [0.1, 0.15) is 0 Å². The molecule has 0 saturated heterocycles. The van der Waals surface area contributed by atoms with Crippen LogP contribution in [-0.4, -0.2) is 29.9 Å². The summed E-state index contributed by atoms with van der Waals surface area (Å²) >= 11 is 0. The largest absolute Gasteiger partial charge is 0.481 e. The van der Waals surface area contributed by atoms with Crippen LogP contribution in [0.1, 0.15) is 12.5 Å². The Bertz CT molecular complexity index is 857. The number of nitro benzene ring substituents is 1. The van der Waals surface area contributed by atoms with Gasteiger partial charge >= 0.3 is 0 Å². The highest BCUT2D eigenvalue weighted by atomic mass is 19.1. The number of amides is 2. The Hall–Kier alpha value is -3.49. The van der Waals surface area contributed by atoms with Crippen LogP contribution in [0.15, 0.2) is 42.5 Å². The molecule has 0 aromatic heterocycles. The molecule has 2 N–H and O–H groups in total. The zero-order chi connectivity index (χ0) is 19.8. The SMILES string of the molecule is CCc1ccccc1NC(=O)CNC(=O)COc1ccc([N+](=O)[O-])cc1F. The van der Waals surface area contributed by atoms with E-state index in [0.717, 1.165) is 24.1 Å². The van der Waals surface area contributed by atoms with Gasteiger partial charge in [0.25, 0.3) is 11.6 Å². The van der Waals surface area contributed by atoms with Crippen molar-refractivity contribution < 1.29 is 23.6 Å². The molecule has 9 heteroatoms. The maximum atomic E-state index is 13.7. The Morgan fingerprint density at radius 3 is 2.59 bits per heavy atom. The van der Waals surface area contributed by atoms with Crippen LogP contribution in [-0.2, 0) is 16.0 Å². The Morgan fingerprint density at radius 1 is 1.19 bits per heavy atom. The van der Waals surface area contributed by atoms with Crippen molar-refractivity contribution in [3.05, 3.63) is 64.0 Å². The van der Waals surface area contributed by atoms with E-state index in [1.54, 1.807) is 12.1 Å². The average Bonchev–Trinajstić information content (AvgIpc) is 2.65. The third kappa shape index (κ3) is 5.77. The first-order chi connectivity index (χ1) is 12.9. The van der Waals surface area contributed by atoms with Crippen LogP contribution >= 0.6 is 0 Å². The van der Waals surface area contributed by atoms with Crippen molar-refractivity contribution in [3.8, 4) is 5.75 Å². The van der Waals surface area contributed by atoms with E-state index in [9.17, 15) is 24.1 Å². The number of halogens is 1. The summed E-state index contributed by atoms with van der Waals surface area (Å²) in [6, 6.07) is 10.1. The molecule has 0 aliphatic rings. The van der Waals surface area contributed by atoms with E-state index in [-0.39, 0.29) is 12.3 Å². The summed E-state index contributed by atoms with van der Waals surface area (Å²) in [5.74, 6) is -2.29. The molecule has 0 unspecified atom stereocenters. The summed E-state index contributed by atoms with van der Waals surface area (Å²) in [5.41, 5.74) is 1.21. The van der Waals surface area contributed by atoms with Gasteiger partial charge in [-0.1, -0.05) is 25.1 Å². The Labute approximate surface area is 154 Å². The van der Waals surface area contributed by atoms with Gasteiger partial charge in [-0.25, -0.2) is 4.39 Å². The predicted molar refractivity (Wildman–Crippen MR) is 96.0 cm³/mol. The lowest BCUT2D eigenvalue weighted by molar-refractivity contribution is -0.385. The Morgan fingerprint density at radius 2 is 1.93 bits per heavy atom. The molecule has 0 atom stereocenters. The molecule has 2 rings (SSSR count). The van der Waals surface area contributed by atoms with E-state index in [4.69, 9.17) is 4.74 Å². The number of carbonyl (C=O) groups is 2. The highest BCUT2D eigenvalue weighted by Gasteiger charge is 2.13. The lowest BCUT2D eigenvalue weighted by Crippen LogP contribution is -2.36. The molecule has 0 spiro atoms. The number of para-hydroxylation sites is 1. The van der Waals surface area contributed by atoms with Gasteiger partial charge in [0.2, 0.25) is 5.91 Å².